The zero-order valence-corrected chi connectivity index (χ0v) is 18.8. The topological polar surface area (TPSA) is 46.4 Å². The van der Waals surface area contributed by atoms with Crippen LogP contribution < -0.4 is 10.0 Å². The molecule has 0 spiro atoms. The van der Waals surface area contributed by atoms with Gasteiger partial charge in [0.2, 0.25) is 0 Å². The highest BCUT2D eigenvalue weighted by Gasteiger charge is 2.10. The lowest BCUT2D eigenvalue weighted by Crippen LogP contribution is -2.16. The van der Waals surface area contributed by atoms with Crippen molar-refractivity contribution in [2.24, 2.45) is 0 Å². The van der Waals surface area contributed by atoms with Crippen LogP contribution in [0.15, 0.2) is 65.0 Å². The molecule has 0 atom stereocenters. The number of allylic oxidation sites excluding steroid dienone is 7. The fraction of sp³-hybridized carbons (Fsp3) is 0.320. The number of carboxylic acids is 1. The van der Waals surface area contributed by atoms with E-state index < -0.39 is 5.97 Å². The molecule has 0 fully saturated rings. The van der Waals surface area contributed by atoms with E-state index in [1.54, 1.807) is 0 Å². The number of aliphatic carboxylic acids is 1. The fourth-order valence-electron chi connectivity index (χ4n) is 2.80. The van der Waals surface area contributed by atoms with Crippen LogP contribution in [-0.4, -0.2) is 44.4 Å². The standard InChI is InChI=1S/C23H29N2.C2H4O2/c1-17(23-14-13-22(25(6)7)16-19(23)3)9-8-10-20-11-12-21(24(4)5)15-18(20)2;1-2(3)4/h9-16H,1-7H3;1H3,(H,3,4)/q+1;/p-1. The Balaban J connectivity index is 0.000000960. The third-order valence-electron chi connectivity index (χ3n) is 4.46. The van der Waals surface area contributed by atoms with Gasteiger partial charge < -0.3 is 14.8 Å². The summed E-state index contributed by atoms with van der Waals surface area (Å²) in [5.41, 5.74) is 12.0. The molecule has 154 valence electrons. The Morgan fingerprint density at radius 2 is 1.76 bits per heavy atom. The van der Waals surface area contributed by atoms with Crippen molar-refractivity contribution in [1.29, 1.82) is 0 Å². The van der Waals surface area contributed by atoms with Crippen LogP contribution in [0.4, 0.5) is 5.69 Å². The van der Waals surface area contributed by atoms with Gasteiger partial charge in [-0.25, -0.2) is 4.58 Å². The van der Waals surface area contributed by atoms with Crippen molar-refractivity contribution in [1.82, 2.24) is 0 Å². The van der Waals surface area contributed by atoms with E-state index in [1.807, 2.05) is 0 Å². The van der Waals surface area contributed by atoms with Crippen molar-refractivity contribution in [3.63, 3.8) is 0 Å². The summed E-state index contributed by atoms with van der Waals surface area (Å²) in [6.45, 7) is 7.41. The second-order valence-corrected chi connectivity index (χ2v) is 7.46. The summed E-state index contributed by atoms with van der Waals surface area (Å²) in [5.74, 6) is -1.08. The van der Waals surface area contributed by atoms with Gasteiger partial charge >= 0.3 is 0 Å². The lowest BCUT2D eigenvalue weighted by molar-refractivity contribution is -0.462. The van der Waals surface area contributed by atoms with Crippen LogP contribution in [0.1, 0.15) is 31.9 Å². The average Bonchev–Trinajstić information content (AvgIpc) is 2.62. The molecular formula is C25H32N2O2. The first-order valence-corrected chi connectivity index (χ1v) is 9.53. The first-order chi connectivity index (χ1) is 13.5. The molecule has 0 unspecified atom stereocenters. The fourth-order valence-corrected chi connectivity index (χ4v) is 2.80. The maximum absolute atomic E-state index is 8.89. The normalized spacial score (nSPS) is 14.1. The predicted octanol–water partition coefficient (Wildman–Crippen LogP) is 3.53. The molecule has 4 nitrogen and oxygen atoms in total. The molecule has 4 heteroatoms. The van der Waals surface area contributed by atoms with Gasteiger partial charge in [0, 0.05) is 37.9 Å². The summed E-state index contributed by atoms with van der Waals surface area (Å²) in [6.07, 6.45) is 10.7. The Kier molecular flexibility index (Phi) is 9.11. The SMILES string of the molecule is CC(=O)[O-].CC1=CC(=[N+](C)C)C=CC1=C(C)C=C=Cc1ccc(N(C)C)cc1C. The van der Waals surface area contributed by atoms with Gasteiger partial charge in [-0.15, -0.1) is 5.73 Å². The number of benzene rings is 1. The molecule has 0 aliphatic heterocycles. The number of carbonyl (C=O) groups is 1. The number of hydrogen-bond acceptors (Lipinski definition) is 3. The number of carbonyl (C=O) groups excluding carboxylic acids is 1. The molecule has 0 amide bonds. The Labute approximate surface area is 175 Å². The Morgan fingerprint density at radius 1 is 1.14 bits per heavy atom. The molecule has 0 heterocycles. The van der Waals surface area contributed by atoms with Gasteiger partial charge in [0.1, 0.15) is 14.1 Å². The molecule has 1 aliphatic rings. The van der Waals surface area contributed by atoms with Crippen molar-refractivity contribution in [2.45, 2.75) is 27.7 Å². The van der Waals surface area contributed by atoms with Crippen LogP contribution in [0.2, 0.25) is 0 Å². The zero-order chi connectivity index (χ0) is 22.1. The summed E-state index contributed by atoms with van der Waals surface area (Å²) in [7, 11) is 8.26. The average molecular weight is 393 g/mol. The monoisotopic (exact) mass is 392 g/mol. The van der Waals surface area contributed by atoms with Crippen molar-refractivity contribution in [3.05, 3.63) is 76.1 Å². The maximum Gasteiger partial charge on any atom is 0.199 e. The number of aryl methyl sites for hydroxylation is 1. The van der Waals surface area contributed by atoms with E-state index in [9.17, 15) is 0 Å². The van der Waals surface area contributed by atoms with Gasteiger partial charge in [-0.3, -0.25) is 0 Å². The predicted molar refractivity (Wildman–Crippen MR) is 121 cm³/mol. The zero-order valence-electron chi connectivity index (χ0n) is 18.8. The van der Waals surface area contributed by atoms with Gasteiger partial charge in [0.25, 0.3) is 0 Å². The number of anilines is 1. The first-order valence-electron chi connectivity index (χ1n) is 9.53. The number of hydrogen-bond donors (Lipinski definition) is 0. The largest absolute Gasteiger partial charge is 0.550 e. The molecule has 0 N–H and O–H groups in total. The smallest absolute Gasteiger partial charge is 0.199 e. The van der Waals surface area contributed by atoms with Crippen LogP contribution in [-0.2, 0) is 4.79 Å². The van der Waals surface area contributed by atoms with Crippen molar-refractivity contribution >= 4 is 23.4 Å². The van der Waals surface area contributed by atoms with E-state index >= 15 is 0 Å². The molecule has 29 heavy (non-hydrogen) atoms. The second-order valence-electron chi connectivity index (χ2n) is 7.46. The molecule has 0 bridgehead atoms. The summed E-state index contributed by atoms with van der Waals surface area (Å²) in [4.78, 5) is 11.0. The van der Waals surface area contributed by atoms with Gasteiger partial charge in [-0.2, -0.15) is 0 Å². The third kappa shape index (κ3) is 7.81. The number of nitrogens with zero attached hydrogens (tertiary/aromatic N) is 2. The van der Waals surface area contributed by atoms with Crippen LogP contribution in [0.3, 0.4) is 0 Å². The molecule has 1 aromatic carbocycles. The van der Waals surface area contributed by atoms with Crippen molar-refractivity contribution < 1.29 is 14.5 Å². The lowest BCUT2D eigenvalue weighted by atomic mass is 9.95. The van der Waals surface area contributed by atoms with E-state index in [0.717, 1.165) is 6.92 Å². The molecule has 0 saturated heterocycles. The molecular weight excluding hydrogens is 360 g/mol. The molecule has 1 aromatic rings. The maximum atomic E-state index is 8.89. The van der Waals surface area contributed by atoms with Crippen LogP contribution >= 0.6 is 0 Å². The minimum atomic E-state index is -1.08. The molecule has 0 aromatic heterocycles. The Hall–Kier alpha value is -3.10. The van der Waals surface area contributed by atoms with E-state index in [4.69, 9.17) is 9.90 Å². The van der Waals surface area contributed by atoms with Crippen LogP contribution in [0.5, 0.6) is 0 Å². The molecule has 0 radical (unpaired) electrons. The highest BCUT2D eigenvalue weighted by atomic mass is 16.4. The van der Waals surface area contributed by atoms with Crippen molar-refractivity contribution in [2.75, 3.05) is 33.1 Å². The van der Waals surface area contributed by atoms with Gasteiger partial charge in [-0.05, 0) is 85.9 Å². The van der Waals surface area contributed by atoms with Crippen LogP contribution in [0, 0.1) is 6.92 Å². The summed E-state index contributed by atoms with van der Waals surface area (Å²) in [5, 5.41) is 8.89. The Bertz CT molecular complexity index is 943. The lowest BCUT2D eigenvalue weighted by Gasteiger charge is -2.13. The summed E-state index contributed by atoms with van der Waals surface area (Å²) in [6, 6.07) is 6.49. The third-order valence-corrected chi connectivity index (χ3v) is 4.46. The summed E-state index contributed by atoms with van der Waals surface area (Å²) >= 11 is 0. The minimum absolute atomic E-state index is 0.972. The van der Waals surface area contributed by atoms with Gasteiger partial charge in [-0.1, -0.05) is 6.07 Å². The van der Waals surface area contributed by atoms with Crippen LogP contribution in [0.25, 0.3) is 6.08 Å². The Morgan fingerprint density at radius 3 is 2.24 bits per heavy atom. The second kappa shape index (κ2) is 11.0. The van der Waals surface area contributed by atoms with Gasteiger partial charge in [0.15, 0.2) is 5.71 Å². The highest BCUT2D eigenvalue weighted by Crippen LogP contribution is 2.21. The quantitative estimate of drug-likeness (QED) is 0.584. The highest BCUT2D eigenvalue weighted by molar-refractivity contribution is 6.03. The van der Waals surface area contributed by atoms with E-state index in [-0.39, 0.29) is 0 Å². The minimum Gasteiger partial charge on any atom is -0.550 e. The summed E-state index contributed by atoms with van der Waals surface area (Å²) < 4.78 is 2.13. The van der Waals surface area contributed by atoms with Gasteiger partial charge in [0.05, 0.1) is 0 Å². The van der Waals surface area contributed by atoms with E-state index in [1.165, 1.54) is 39.2 Å². The van der Waals surface area contributed by atoms with E-state index in [0.29, 0.717) is 0 Å². The first kappa shape index (κ1) is 23.9. The number of carboxylic acid groups (broad SMARTS) is 1. The molecule has 1 aliphatic carbocycles. The molecule has 2 rings (SSSR count). The molecule has 0 saturated carbocycles. The van der Waals surface area contributed by atoms with E-state index in [2.05, 4.69) is 113 Å². The number of rotatable bonds is 3. The van der Waals surface area contributed by atoms with Crippen molar-refractivity contribution in [3.8, 4) is 0 Å².